The molecule has 0 aromatic heterocycles. The number of hydrogen-bond acceptors (Lipinski definition) is 4. The topological polar surface area (TPSA) is 86.8 Å². The average molecular weight is 667 g/mol. The van der Waals surface area contributed by atoms with E-state index in [0.29, 0.717) is 27.8 Å². The molecule has 0 aliphatic heterocycles. The number of hydrogen-bond donors (Lipinski definition) is 1. The first-order chi connectivity index (χ1) is 21.4. The van der Waals surface area contributed by atoms with Gasteiger partial charge in [-0.3, -0.25) is 13.9 Å². The van der Waals surface area contributed by atoms with Gasteiger partial charge in [-0.05, 0) is 86.3 Å². The summed E-state index contributed by atoms with van der Waals surface area (Å²) in [5, 5.41) is 3.51. The van der Waals surface area contributed by atoms with Crippen LogP contribution in [0, 0.1) is 20.8 Å². The fourth-order valence-corrected chi connectivity index (χ4v) is 6.65. The van der Waals surface area contributed by atoms with Gasteiger partial charge in [0.15, 0.2) is 0 Å². The lowest BCUT2D eigenvalue weighted by Crippen LogP contribution is -2.53. The first kappa shape index (κ1) is 34.0. The highest BCUT2D eigenvalue weighted by atomic mass is 35.5. The molecule has 7 nitrogen and oxygen atoms in total. The number of nitrogens with zero attached hydrogens (tertiary/aromatic N) is 2. The number of carbonyl (C=O) groups excluding carboxylic acids is 2. The van der Waals surface area contributed by atoms with Gasteiger partial charge in [-0.1, -0.05) is 83.4 Å². The van der Waals surface area contributed by atoms with E-state index in [1.807, 2.05) is 57.2 Å². The Kier molecular flexibility index (Phi) is 11.3. The maximum atomic E-state index is 14.5. The van der Waals surface area contributed by atoms with Crippen molar-refractivity contribution in [3.05, 3.63) is 129 Å². The molecule has 4 aromatic carbocycles. The highest BCUT2D eigenvalue weighted by molar-refractivity contribution is 7.92. The second kappa shape index (κ2) is 15.0. The minimum Gasteiger partial charge on any atom is -0.355 e. The van der Waals surface area contributed by atoms with Crippen LogP contribution in [0.1, 0.15) is 34.7 Å². The molecule has 0 fully saturated rings. The summed E-state index contributed by atoms with van der Waals surface area (Å²) in [5.41, 5.74) is 4.60. The van der Waals surface area contributed by atoms with Gasteiger partial charge in [-0.25, -0.2) is 8.42 Å². The molecule has 0 aliphatic carbocycles. The van der Waals surface area contributed by atoms with E-state index in [0.717, 1.165) is 26.6 Å². The minimum atomic E-state index is -4.18. The lowest BCUT2D eigenvalue weighted by atomic mass is 10.0. The summed E-state index contributed by atoms with van der Waals surface area (Å²) in [6.07, 6.45) is 0.216. The van der Waals surface area contributed by atoms with Crippen molar-refractivity contribution >= 4 is 50.7 Å². The van der Waals surface area contributed by atoms with Crippen molar-refractivity contribution in [3.63, 3.8) is 0 Å². The van der Waals surface area contributed by atoms with Gasteiger partial charge in [0.25, 0.3) is 10.0 Å². The molecular formula is C35H37Cl2N3O4S. The summed E-state index contributed by atoms with van der Waals surface area (Å²) in [5.74, 6) is -0.906. The van der Waals surface area contributed by atoms with Gasteiger partial charge in [0.1, 0.15) is 12.6 Å². The number of benzene rings is 4. The summed E-state index contributed by atoms with van der Waals surface area (Å²) in [6.45, 7) is 7.31. The fraction of sp³-hybridized carbons (Fsp3) is 0.257. The van der Waals surface area contributed by atoms with Crippen LogP contribution in [0.4, 0.5) is 5.69 Å². The smallest absolute Gasteiger partial charge is 0.264 e. The summed E-state index contributed by atoms with van der Waals surface area (Å²) < 4.78 is 29.5. The third-order valence-corrected chi connectivity index (χ3v) is 10.2. The Hall–Kier alpha value is -3.85. The zero-order chi connectivity index (χ0) is 32.7. The standard InChI is InChI=1S/C35H37Cl2N3O4S/c1-5-38-35(42)33(21-27-9-7-6-8-10-27)39(22-28-14-18-31(36)32(37)20-28)34(41)23-40(29-15-13-25(3)26(4)19-29)45(43,44)30-16-11-24(2)12-17-30/h6-20,33H,5,21-23H2,1-4H3,(H,38,42)/t33-/m1/s1. The van der Waals surface area contributed by atoms with Crippen LogP contribution >= 0.6 is 23.2 Å². The lowest BCUT2D eigenvalue weighted by Gasteiger charge is -2.34. The van der Waals surface area contributed by atoms with Crippen molar-refractivity contribution in [2.24, 2.45) is 0 Å². The molecule has 0 saturated carbocycles. The molecule has 0 aliphatic rings. The number of anilines is 1. The van der Waals surface area contributed by atoms with E-state index < -0.39 is 28.5 Å². The van der Waals surface area contributed by atoms with Crippen molar-refractivity contribution in [2.75, 3.05) is 17.4 Å². The molecular weight excluding hydrogens is 629 g/mol. The highest BCUT2D eigenvalue weighted by Crippen LogP contribution is 2.28. The first-order valence-corrected chi connectivity index (χ1v) is 16.8. The normalized spacial score (nSPS) is 12.0. The van der Waals surface area contributed by atoms with E-state index in [1.54, 1.807) is 49.4 Å². The number of nitrogens with one attached hydrogen (secondary N) is 1. The van der Waals surface area contributed by atoms with Gasteiger partial charge in [0.05, 0.1) is 20.6 Å². The molecule has 0 spiro atoms. The van der Waals surface area contributed by atoms with E-state index in [2.05, 4.69) is 5.32 Å². The number of likely N-dealkylation sites (N-methyl/N-ethyl adjacent to an activating group) is 1. The number of sulfonamides is 1. The Morgan fingerprint density at radius 3 is 2.11 bits per heavy atom. The molecule has 0 saturated heterocycles. The molecule has 4 aromatic rings. The Bertz CT molecular complexity index is 1760. The predicted molar refractivity (Wildman–Crippen MR) is 181 cm³/mol. The number of amides is 2. The largest absolute Gasteiger partial charge is 0.355 e. The molecule has 45 heavy (non-hydrogen) atoms. The van der Waals surface area contributed by atoms with E-state index in [9.17, 15) is 18.0 Å². The number of carbonyl (C=O) groups is 2. The van der Waals surface area contributed by atoms with Gasteiger partial charge in [-0.2, -0.15) is 0 Å². The number of rotatable bonds is 12. The minimum absolute atomic E-state index is 0.00426. The van der Waals surface area contributed by atoms with Crippen LogP contribution in [-0.2, 0) is 32.6 Å². The molecule has 10 heteroatoms. The molecule has 0 unspecified atom stereocenters. The molecule has 236 valence electrons. The van der Waals surface area contributed by atoms with E-state index in [4.69, 9.17) is 23.2 Å². The summed E-state index contributed by atoms with van der Waals surface area (Å²) in [4.78, 5) is 29.6. The monoisotopic (exact) mass is 665 g/mol. The number of halogens is 2. The SMILES string of the molecule is CCNC(=O)[C@@H](Cc1ccccc1)N(Cc1ccc(Cl)c(Cl)c1)C(=O)CN(c1ccc(C)c(C)c1)S(=O)(=O)c1ccc(C)cc1. The van der Waals surface area contributed by atoms with Gasteiger partial charge >= 0.3 is 0 Å². The highest BCUT2D eigenvalue weighted by Gasteiger charge is 2.34. The molecule has 1 atom stereocenters. The third-order valence-electron chi connectivity index (χ3n) is 7.63. The van der Waals surface area contributed by atoms with Crippen LogP contribution in [0.2, 0.25) is 10.0 Å². The molecule has 0 bridgehead atoms. The third kappa shape index (κ3) is 8.45. The van der Waals surface area contributed by atoms with Crippen LogP contribution in [0.25, 0.3) is 0 Å². The van der Waals surface area contributed by atoms with Crippen molar-refractivity contribution in [3.8, 4) is 0 Å². The van der Waals surface area contributed by atoms with Crippen LogP contribution in [0.5, 0.6) is 0 Å². The fourth-order valence-electron chi connectivity index (χ4n) is 4.93. The first-order valence-electron chi connectivity index (χ1n) is 14.6. The van der Waals surface area contributed by atoms with Crippen LogP contribution in [0.3, 0.4) is 0 Å². The summed E-state index contributed by atoms with van der Waals surface area (Å²) >= 11 is 12.5. The predicted octanol–water partition coefficient (Wildman–Crippen LogP) is 6.89. The zero-order valence-electron chi connectivity index (χ0n) is 25.8. The van der Waals surface area contributed by atoms with Crippen molar-refractivity contribution in [1.82, 2.24) is 10.2 Å². The Labute approximate surface area is 275 Å². The van der Waals surface area contributed by atoms with E-state index in [1.165, 1.54) is 17.0 Å². The molecule has 4 rings (SSSR count). The zero-order valence-corrected chi connectivity index (χ0v) is 28.1. The van der Waals surface area contributed by atoms with Crippen molar-refractivity contribution in [2.45, 2.75) is 51.6 Å². The average Bonchev–Trinajstić information content (AvgIpc) is 3.01. The summed E-state index contributed by atoms with van der Waals surface area (Å²) in [7, 11) is -4.18. The van der Waals surface area contributed by atoms with E-state index in [-0.39, 0.29) is 23.8 Å². The molecule has 2 amide bonds. The Morgan fingerprint density at radius 1 is 0.800 bits per heavy atom. The van der Waals surface area contributed by atoms with Gasteiger partial charge in [0, 0.05) is 19.5 Å². The van der Waals surface area contributed by atoms with Gasteiger partial charge in [-0.15, -0.1) is 0 Å². The van der Waals surface area contributed by atoms with Gasteiger partial charge in [0.2, 0.25) is 11.8 Å². The van der Waals surface area contributed by atoms with Crippen molar-refractivity contribution in [1.29, 1.82) is 0 Å². The Balaban J connectivity index is 1.82. The van der Waals surface area contributed by atoms with Crippen molar-refractivity contribution < 1.29 is 18.0 Å². The second-order valence-electron chi connectivity index (χ2n) is 11.0. The van der Waals surface area contributed by atoms with Crippen LogP contribution in [0.15, 0.2) is 95.9 Å². The molecule has 1 N–H and O–H groups in total. The van der Waals surface area contributed by atoms with E-state index >= 15 is 0 Å². The van der Waals surface area contributed by atoms with Crippen LogP contribution in [-0.4, -0.2) is 44.3 Å². The van der Waals surface area contributed by atoms with Crippen LogP contribution < -0.4 is 9.62 Å². The number of aryl methyl sites for hydroxylation is 3. The maximum Gasteiger partial charge on any atom is 0.264 e. The molecule has 0 radical (unpaired) electrons. The van der Waals surface area contributed by atoms with Gasteiger partial charge < -0.3 is 10.2 Å². The second-order valence-corrected chi connectivity index (χ2v) is 13.6. The summed E-state index contributed by atoms with van der Waals surface area (Å²) in [6, 6.07) is 25.2. The lowest BCUT2D eigenvalue weighted by molar-refractivity contribution is -0.140. The Morgan fingerprint density at radius 2 is 1.49 bits per heavy atom. The maximum absolute atomic E-state index is 14.5. The molecule has 0 heterocycles. The quantitative estimate of drug-likeness (QED) is 0.179.